The van der Waals surface area contributed by atoms with E-state index in [0.717, 1.165) is 11.3 Å². The number of nitro groups is 1. The van der Waals surface area contributed by atoms with Crippen LogP contribution in [0.25, 0.3) is 6.08 Å². The first-order valence-electron chi connectivity index (χ1n) is 9.76. The molecule has 1 atom stereocenters. The van der Waals surface area contributed by atoms with Gasteiger partial charge < -0.3 is 9.64 Å². The van der Waals surface area contributed by atoms with Crippen LogP contribution in [0.1, 0.15) is 29.8 Å². The second kappa shape index (κ2) is 10.2. The summed E-state index contributed by atoms with van der Waals surface area (Å²) in [6.45, 7) is 2.22. The van der Waals surface area contributed by atoms with Crippen LogP contribution in [0.3, 0.4) is 0 Å². The predicted molar refractivity (Wildman–Crippen MR) is 118 cm³/mol. The molecule has 1 aromatic heterocycles. The van der Waals surface area contributed by atoms with E-state index in [1.165, 1.54) is 18.2 Å². The molecule has 7 nitrogen and oxygen atoms in total. The predicted octanol–water partition coefficient (Wildman–Crippen LogP) is 4.80. The van der Waals surface area contributed by atoms with Gasteiger partial charge in [-0.1, -0.05) is 30.3 Å². The standard InChI is InChI=1S/C24H23N3O4/c1-18(20-6-5-8-22(16-20)27(29)30)26(2)24(28)14-11-19-9-12-23(13-10-19)31-17-21-7-3-4-15-25-21/h3-16,18H,17H2,1-2H3/b14-11+/t18-/m0/s1. The van der Waals surface area contributed by atoms with Gasteiger partial charge in [0.2, 0.25) is 5.91 Å². The van der Waals surface area contributed by atoms with Crippen LogP contribution >= 0.6 is 0 Å². The van der Waals surface area contributed by atoms with Gasteiger partial charge >= 0.3 is 0 Å². The zero-order valence-corrected chi connectivity index (χ0v) is 17.3. The highest BCUT2D eigenvalue weighted by molar-refractivity contribution is 5.91. The summed E-state index contributed by atoms with van der Waals surface area (Å²) < 4.78 is 5.71. The van der Waals surface area contributed by atoms with Gasteiger partial charge in [-0.2, -0.15) is 0 Å². The van der Waals surface area contributed by atoms with E-state index in [4.69, 9.17) is 4.74 Å². The van der Waals surface area contributed by atoms with E-state index in [9.17, 15) is 14.9 Å². The highest BCUT2D eigenvalue weighted by atomic mass is 16.6. The maximum Gasteiger partial charge on any atom is 0.269 e. The molecule has 2 aromatic carbocycles. The summed E-state index contributed by atoms with van der Waals surface area (Å²) in [4.78, 5) is 28.8. The monoisotopic (exact) mass is 417 g/mol. The number of amides is 1. The summed E-state index contributed by atoms with van der Waals surface area (Å²) in [6, 6.07) is 19.1. The van der Waals surface area contributed by atoms with E-state index in [1.54, 1.807) is 36.4 Å². The fourth-order valence-corrected chi connectivity index (χ4v) is 2.91. The molecule has 0 saturated heterocycles. The second-order valence-electron chi connectivity index (χ2n) is 6.99. The van der Waals surface area contributed by atoms with Gasteiger partial charge in [0.25, 0.3) is 5.69 Å². The van der Waals surface area contributed by atoms with Crippen LogP contribution in [0.2, 0.25) is 0 Å². The summed E-state index contributed by atoms with van der Waals surface area (Å²) in [5.41, 5.74) is 2.41. The van der Waals surface area contributed by atoms with Crippen molar-refractivity contribution >= 4 is 17.7 Å². The Balaban J connectivity index is 1.58. The van der Waals surface area contributed by atoms with Gasteiger partial charge in [-0.15, -0.1) is 0 Å². The molecule has 1 amide bonds. The van der Waals surface area contributed by atoms with E-state index in [2.05, 4.69) is 4.98 Å². The number of carbonyl (C=O) groups excluding carboxylic acids is 1. The molecule has 0 bridgehead atoms. The summed E-state index contributed by atoms with van der Waals surface area (Å²) >= 11 is 0. The van der Waals surface area contributed by atoms with Crippen LogP contribution in [0.15, 0.2) is 79.0 Å². The van der Waals surface area contributed by atoms with Gasteiger partial charge in [0.15, 0.2) is 0 Å². The number of hydrogen-bond acceptors (Lipinski definition) is 5. The van der Waals surface area contributed by atoms with E-state index in [0.29, 0.717) is 17.9 Å². The molecular formula is C24H23N3O4. The normalized spacial score (nSPS) is 11.8. The van der Waals surface area contributed by atoms with Crippen molar-refractivity contribution in [3.05, 3.63) is 106 Å². The number of hydrogen-bond donors (Lipinski definition) is 0. The number of pyridine rings is 1. The van der Waals surface area contributed by atoms with E-state index < -0.39 is 4.92 Å². The number of benzene rings is 2. The minimum atomic E-state index is -0.443. The molecule has 3 aromatic rings. The molecule has 0 saturated carbocycles. The number of aromatic nitrogens is 1. The summed E-state index contributed by atoms with van der Waals surface area (Å²) in [6.07, 6.45) is 4.93. The van der Waals surface area contributed by atoms with Crippen molar-refractivity contribution in [3.63, 3.8) is 0 Å². The minimum Gasteiger partial charge on any atom is -0.487 e. The lowest BCUT2D eigenvalue weighted by Crippen LogP contribution is -2.28. The molecule has 1 heterocycles. The van der Waals surface area contributed by atoms with Gasteiger partial charge in [-0.3, -0.25) is 19.9 Å². The van der Waals surface area contributed by atoms with Crippen LogP contribution < -0.4 is 4.74 Å². The fraction of sp³-hybridized carbons (Fsp3) is 0.167. The number of rotatable bonds is 8. The topological polar surface area (TPSA) is 85.6 Å². The smallest absolute Gasteiger partial charge is 0.269 e. The van der Waals surface area contributed by atoms with Gasteiger partial charge in [-0.25, -0.2) is 0 Å². The molecule has 158 valence electrons. The van der Waals surface area contributed by atoms with Crippen LogP contribution in [-0.4, -0.2) is 27.8 Å². The number of likely N-dealkylation sites (N-methyl/N-ethyl adjacent to an activating group) is 1. The quantitative estimate of drug-likeness (QED) is 0.298. The Morgan fingerprint density at radius 3 is 2.61 bits per heavy atom. The van der Waals surface area contributed by atoms with Crippen molar-refractivity contribution in [2.24, 2.45) is 0 Å². The van der Waals surface area contributed by atoms with E-state index >= 15 is 0 Å². The largest absolute Gasteiger partial charge is 0.487 e. The Morgan fingerprint density at radius 1 is 1.16 bits per heavy atom. The Kier molecular flexibility index (Phi) is 7.11. The highest BCUT2D eigenvalue weighted by Gasteiger charge is 2.17. The van der Waals surface area contributed by atoms with Crippen molar-refractivity contribution < 1.29 is 14.5 Å². The van der Waals surface area contributed by atoms with Gasteiger partial charge in [0, 0.05) is 31.5 Å². The van der Waals surface area contributed by atoms with Gasteiger partial charge in [0.1, 0.15) is 12.4 Å². The number of nitrogens with zero attached hydrogens (tertiary/aromatic N) is 3. The van der Waals surface area contributed by atoms with Crippen molar-refractivity contribution in [1.82, 2.24) is 9.88 Å². The molecule has 31 heavy (non-hydrogen) atoms. The third-order valence-corrected chi connectivity index (χ3v) is 4.90. The second-order valence-corrected chi connectivity index (χ2v) is 6.99. The summed E-state index contributed by atoms with van der Waals surface area (Å²) in [7, 11) is 1.67. The molecule has 0 aliphatic carbocycles. The lowest BCUT2D eigenvalue weighted by molar-refractivity contribution is -0.384. The number of carbonyl (C=O) groups is 1. The molecular weight excluding hydrogens is 394 g/mol. The first-order valence-corrected chi connectivity index (χ1v) is 9.76. The third kappa shape index (κ3) is 5.99. The maximum atomic E-state index is 12.5. The Labute approximate surface area is 180 Å². The first-order chi connectivity index (χ1) is 14.9. The van der Waals surface area contributed by atoms with Crippen LogP contribution in [0.5, 0.6) is 5.75 Å². The Bertz CT molecular complexity index is 1070. The zero-order valence-electron chi connectivity index (χ0n) is 17.3. The Hall–Kier alpha value is -4.00. The van der Waals surface area contributed by atoms with Gasteiger partial charge in [0.05, 0.1) is 16.7 Å². The molecule has 0 N–H and O–H groups in total. The molecule has 0 fully saturated rings. The van der Waals surface area contributed by atoms with Crippen LogP contribution in [-0.2, 0) is 11.4 Å². The number of non-ortho nitro benzene ring substituents is 1. The number of nitro benzene ring substituents is 1. The summed E-state index contributed by atoms with van der Waals surface area (Å²) in [5.74, 6) is 0.514. The lowest BCUT2D eigenvalue weighted by Gasteiger charge is -2.24. The molecule has 3 rings (SSSR count). The van der Waals surface area contributed by atoms with E-state index in [-0.39, 0.29) is 17.6 Å². The third-order valence-electron chi connectivity index (χ3n) is 4.90. The van der Waals surface area contributed by atoms with Crippen LogP contribution in [0, 0.1) is 10.1 Å². The van der Waals surface area contributed by atoms with Crippen molar-refractivity contribution in [3.8, 4) is 5.75 Å². The molecule has 0 aliphatic heterocycles. The molecule has 0 aliphatic rings. The minimum absolute atomic E-state index is 0.00564. The lowest BCUT2D eigenvalue weighted by atomic mass is 10.1. The molecule has 7 heteroatoms. The average molecular weight is 417 g/mol. The van der Waals surface area contributed by atoms with Crippen LogP contribution in [0.4, 0.5) is 5.69 Å². The van der Waals surface area contributed by atoms with E-state index in [1.807, 2.05) is 49.4 Å². The first kappa shape index (κ1) is 21.7. The fourth-order valence-electron chi connectivity index (χ4n) is 2.91. The highest BCUT2D eigenvalue weighted by Crippen LogP contribution is 2.23. The zero-order chi connectivity index (χ0) is 22.2. The van der Waals surface area contributed by atoms with Crippen molar-refractivity contribution in [1.29, 1.82) is 0 Å². The average Bonchev–Trinajstić information content (AvgIpc) is 2.81. The Morgan fingerprint density at radius 2 is 1.94 bits per heavy atom. The summed E-state index contributed by atoms with van der Waals surface area (Å²) in [5, 5.41) is 11.0. The van der Waals surface area contributed by atoms with Crippen molar-refractivity contribution in [2.75, 3.05) is 7.05 Å². The molecule has 0 unspecified atom stereocenters. The molecule has 0 radical (unpaired) electrons. The molecule has 0 spiro atoms. The van der Waals surface area contributed by atoms with Gasteiger partial charge in [-0.05, 0) is 48.4 Å². The van der Waals surface area contributed by atoms with Crippen molar-refractivity contribution in [2.45, 2.75) is 19.6 Å². The maximum absolute atomic E-state index is 12.5. The number of ether oxygens (including phenoxy) is 1. The SMILES string of the molecule is C[C@@H](c1cccc([N+](=O)[O-])c1)N(C)C(=O)/C=C/c1ccc(OCc2ccccn2)cc1.